The smallest absolute Gasteiger partial charge is 0.207 e. The van der Waals surface area contributed by atoms with E-state index in [9.17, 15) is 17.2 Å². The highest BCUT2D eigenvalue weighted by molar-refractivity contribution is 7.89. The van der Waals surface area contributed by atoms with Crippen molar-refractivity contribution in [1.29, 1.82) is 0 Å². The lowest BCUT2D eigenvalue weighted by atomic mass is 10.1. The van der Waals surface area contributed by atoms with Crippen LogP contribution in [-0.4, -0.2) is 8.42 Å². The third-order valence-corrected chi connectivity index (χ3v) is 4.37. The van der Waals surface area contributed by atoms with Crippen LogP contribution in [0, 0.1) is 11.6 Å². The van der Waals surface area contributed by atoms with Crippen LogP contribution >= 0.6 is 0 Å². The maximum Gasteiger partial charge on any atom is 0.244 e. The maximum absolute atomic E-state index is 13.5. The van der Waals surface area contributed by atoms with Gasteiger partial charge in [-0.1, -0.05) is 30.3 Å². The molecular formula is C14H13F2NO2S. The van der Waals surface area contributed by atoms with Gasteiger partial charge in [0.2, 0.25) is 10.0 Å². The fraction of sp³-hybridized carbons (Fsp3) is 0.143. The van der Waals surface area contributed by atoms with E-state index in [1.165, 1.54) is 0 Å². The van der Waals surface area contributed by atoms with Crippen LogP contribution in [0.5, 0.6) is 0 Å². The molecule has 0 saturated carbocycles. The SMILES string of the molecule is C[C@@H](NS(=O)(=O)c1cc(F)ccc1F)c1ccccc1. The number of rotatable bonds is 4. The van der Waals surface area contributed by atoms with Crippen LogP contribution in [0.1, 0.15) is 18.5 Å². The molecule has 0 aliphatic heterocycles. The highest BCUT2D eigenvalue weighted by Crippen LogP contribution is 2.19. The summed E-state index contributed by atoms with van der Waals surface area (Å²) in [5, 5.41) is 0. The molecule has 2 rings (SSSR count). The van der Waals surface area contributed by atoms with Gasteiger partial charge in [0.05, 0.1) is 0 Å². The molecular weight excluding hydrogens is 284 g/mol. The number of hydrogen-bond donors (Lipinski definition) is 1. The lowest BCUT2D eigenvalue weighted by Crippen LogP contribution is -2.27. The van der Waals surface area contributed by atoms with Gasteiger partial charge in [0, 0.05) is 6.04 Å². The summed E-state index contributed by atoms with van der Waals surface area (Å²) in [4.78, 5) is -0.694. The molecule has 0 saturated heterocycles. The third-order valence-electron chi connectivity index (χ3n) is 2.81. The summed E-state index contributed by atoms with van der Waals surface area (Å²) in [5.41, 5.74) is 0.730. The number of halogens is 2. The number of nitrogens with one attached hydrogen (secondary N) is 1. The molecule has 0 heterocycles. The van der Waals surface area contributed by atoms with E-state index in [1.807, 2.05) is 0 Å². The average Bonchev–Trinajstić information content (AvgIpc) is 2.42. The summed E-state index contributed by atoms with van der Waals surface area (Å²) in [7, 11) is -4.13. The van der Waals surface area contributed by atoms with Crippen LogP contribution in [0.15, 0.2) is 53.4 Å². The largest absolute Gasteiger partial charge is 0.244 e. The summed E-state index contributed by atoms with van der Waals surface area (Å²) in [6, 6.07) is 10.6. The minimum absolute atomic E-state index is 0.552. The Morgan fingerprint density at radius 3 is 2.35 bits per heavy atom. The topological polar surface area (TPSA) is 46.2 Å². The summed E-state index contributed by atoms with van der Waals surface area (Å²) in [5.74, 6) is -1.79. The first-order chi connectivity index (χ1) is 9.40. The van der Waals surface area contributed by atoms with Crippen LogP contribution in [-0.2, 0) is 10.0 Å². The van der Waals surface area contributed by atoms with Crippen molar-refractivity contribution in [3.05, 3.63) is 65.7 Å². The normalized spacial score (nSPS) is 13.2. The van der Waals surface area contributed by atoms with Crippen molar-refractivity contribution in [2.45, 2.75) is 17.9 Å². The molecule has 0 aliphatic rings. The molecule has 1 atom stereocenters. The Morgan fingerprint density at radius 2 is 1.70 bits per heavy atom. The second kappa shape index (κ2) is 5.68. The molecule has 0 bridgehead atoms. The molecule has 3 nitrogen and oxygen atoms in total. The Morgan fingerprint density at radius 1 is 1.05 bits per heavy atom. The van der Waals surface area contributed by atoms with Crippen molar-refractivity contribution in [2.75, 3.05) is 0 Å². The molecule has 0 spiro atoms. The summed E-state index contributed by atoms with van der Waals surface area (Å²) >= 11 is 0. The van der Waals surface area contributed by atoms with E-state index in [1.54, 1.807) is 37.3 Å². The van der Waals surface area contributed by atoms with Gasteiger partial charge in [0.1, 0.15) is 16.5 Å². The van der Waals surface area contributed by atoms with E-state index in [4.69, 9.17) is 0 Å². The standard InChI is InChI=1S/C14H13F2NO2S/c1-10(11-5-3-2-4-6-11)17-20(18,19)14-9-12(15)7-8-13(14)16/h2-10,17H,1H3/t10-/m1/s1. The van der Waals surface area contributed by atoms with Gasteiger partial charge < -0.3 is 0 Å². The molecule has 0 radical (unpaired) electrons. The van der Waals surface area contributed by atoms with Crippen molar-refractivity contribution >= 4 is 10.0 Å². The monoisotopic (exact) mass is 297 g/mol. The molecule has 2 aromatic rings. The zero-order valence-corrected chi connectivity index (χ0v) is 11.5. The molecule has 106 valence electrons. The van der Waals surface area contributed by atoms with Crippen molar-refractivity contribution in [2.24, 2.45) is 0 Å². The fourth-order valence-electron chi connectivity index (χ4n) is 1.79. The summed E-state index contributed by atoms with van der Waals surface area (Å²) in [6.07, 6.45) is 0. The number of hydrogen-bond acceptors (Lipinski definition) is 2. The van der Waals surface area contributed by atoms with Gasteiger partial charge in [0.15, 0.2) is 0 Å². The Labute approximate surface area is 116 Å². The van der Waals surface area contributed by atoms with Crippen LogP contribution in [0.25, 0.3) is 0 Å². The number of sulfonamides is 1. The quantitative estimate of drug-likeness (QED) is 0.943. The Balaban J connectivity index is 2.30. The molecule has 20 heavy (non-hydrogen) atoms. The van der Waals surface area contributed by atoms with E-state index >= 15 is 0 Å². The second-order valence-corrected chi connectivity index (χ2v) is 6.01. The van der Waals surface area contributed by atoms with Crippen LogP contribution in [0.2, 0.25) is 0 Å². The van der Waals surface area contributed by atoms with Gasteiger partial charge in [-0.25, -0.2) is 21.9 Å². The van der Waals surface area contributed by atoms with Gasteiger partial charge in [-0.3, -0.25) is 0 Å². The van der Waals surface area contributed by atoms with Crippen LogP contribution in [0.3, 0.4) is 0 Å². The van der Waals surface area contributed by atoms with E-state index in [0.29, 0.717) is 6.07 Å². The zero-order valence-electron chi connectivity index (χ0n) is 10.7. The van der Waals surface area contributed by atoms with Gasteiger partial charge in [0.25, 0.3) is 0 Å². The highest BCUT2D eigenvalue weighted by Gasteiger charge is 2.22. The number of benzene rings is 2. The molecule has 6 heteroatoms. The Bertz CT molecular complexity index is 702. The molecule has 2 aromatic carbocycles. The Hall–Kier alpha value is -1.79. The first-order valence-electron chi connectivity index (χ1n) is 5.92. The molecule has 0 aliphatic carbocycles. The molecule has 0 unspecified atom stereocenters. The first-order valence-corrected chi connectivity index (χ1v) is 7.41. The first kappa shape index (κ1) is 14.6. The third kappa shape index (κ3) is 3.20. The predicted octanol–water partition coefficient (Wildman–Crippen LogP) is 3.00. The van der Waals surface area contributed by atoms with Crippen molar-refractivity contribution in [1.82, 2.24) is 4.72 Å². The maximum atomic E-state index is 13.5. The van der Waals surface area contributed by atoms with Gasteiger partial charge in [-0.05, 0) is 30.7 Å². The van der Waals surface area contributed by atoms with E-state index in [-0.39, 0.29) is 0 Å². The highest BCUT2D eigenvalue weighted by atomic mass is 32.2. The molecule has 0 aromatic heterocycles. The van der Waals surface area contributed by atoms with Crippen LogP contribution in [0.4, 0.5) is 8.78 Å². The Kier molecular flexibility index (Phi) is 4.15. The molecule has 0 amide bonds. The predicted molar refractivity (Wildman–Crippen MR) is 71.5 cm³/mol. The van der Waals surface area contributed by atoms with Crippen molar-refractivity contribution in [3.63, 3.8) is 0 Å². The molecule has 1 N–H and O–H groups in total. The van der Waals surface area contributed by atoms with Crippen molar-refractivity contribution in [3.8, 4) is 0 Å². The average molecular weight is 297 g/mol. The van der Waals surface area contributed by atoms with E-state index in [0.717, 1.165) is 17.7 Å². The van der Waals surface area contributed by atoms with Crippen molar-refractivity contribution < 1.29 is 17.2 Å². The molecule has 0 fully saturated rings. The van der Waals surface area contributed by atoms with E-state index in [2.05, 4.69) is 4.72 Å². The zero-order chi connectivity index (χ0) is 14.8. The van der Waals surface area contributed by atoms with E-state index < -0.39 is 32.6 Å². The summed E-state index contributed by atoms with van der Waals surface area (Å²) < 4.78 is 53.1. The van der Waals surface area contributed by atoms with Gasteiger partial charge >= 0.3 is 0 Å². The lowest BCUT2D eigenvalue weighted by Gasteiger charge is -2.15. The van der Waals surface area contributed by atoms with Crippen LogP contribution < -0.4 is 4.72 Å². The minimum Gasteiger partial charge on any atom is -0.207 e. The fourth-order valence-corrected chi connectivity index (χ4v) is 3.11. The summed E-state index contributed by atoms with van der Waals surface area (Å²) in [6.45, 7) is 1.63. The minimum atomic E-state index is -4.13. The second-order valence-electron chi connectivity index (χ2n) is 4.33. The van der Waals surface area contributed by atoms with Gasteiger partial charge in [-0.15, -0.1) is 0 Å². The lowest BCUT2D eigenvalue weighted by molar-refractivity contribution is 0.538. The van der Waals surface area contributed by atoms with Gasteiger partial charge in [-0.2, -0.15) is 0 Å².